The van der Waals surface area contributed by atoms with E-state index >= 15 is 0 Å². The molecule has 0 bridgehead atoms. The Hall–Kier alpha value is -3.19. The van der Waals surface area contributed by atoms with Crippen molar-refractivity contribution in [1.82, 2.24) is 15.0 Å². The first-order chi connectivity index (χ1) is 13.2. The second-order valence-electron chi connectivity index (χ2n) is 6.30. The molecule has 0 radical (unpaired) electrons. The SMILES string of the molecule is COCc1cc(N2CCOc3c(O)cc(-c4cccnc4)cc3C2)ncn1. The van der Waals surface area contributed by atoms with Crippen molar-refractivity contribution < 1.29 is 14.6 Å². The molecule has 0 spiro atoms. The van der Waals surface area contributed by atoms with Crippen molar-refractivity contribution in [2.45, 2.75) is 13.2 Å². The Morgan fingerprint density at radius 3 is 2.96 bits per heavy atom. The number of phenolic OH excluding ortho intramolecular Hbond substituents is 1. The first kappa shape index (κ1) is 17.2. The molecule has 1 aliphatic rings. The predicted octanol–water partition coefficient (Wildman–Crippen LogP) is 2.79. The fourth-order valence-electron chi connectivity index (χ4n) is 3.18. The first-order valence-electron chi connectivity index (χ1n) is 8.68. The van der Waals surface area contributed by atoms with E-state index in [0.717, 1.165) is 28.2 Å². The molecule has 1 N–H and O–H groups in total. The van der Waals surface area contributed by atoms with E-state index < -0.39 is 0 Å². The Morgan fingerprint density at radius 2 is 2.15 bits per heavy atom. The number of aromatic nitrogens is 3. The molecule has 0 atom stereocenters. The van der Waals surface area contributed by atoms with Crippen LogP contribution in [0.2, 0.25) is 0 Å². The molecule has 7 nitrogen and oxygen atoms in total. The summed E-state index contributed by atoms with van der Waals surface area (Å²) < 4.78 is 11.0. The van der Waals surface area contributed by atoms with Crippen molar-refractivity contribution in [2.24, 2.45) is 0 Å². The summed E-state index contributed by atoms with van der Waals surface area (Å²) in [4.78, 5) is 14.9. The summed E-state index contributed by atoms with van der Waals surface area (Å²) in [6, 6.07) is 9.50. The monoisotopic (exact) mass is 364 g/mol. The largest absolute Gasteiger partial charge is 0.504 e. The Morgan fingerprint density at radius 1 is 1.22 bits per heavy atom. The second-order valence-corrected chi connectivity index (χ2v) is 6.30. The van der Waals surface area contributed by atoms with E-state index in [2.05, 4.69) is 19.9 Å². The fourth-order valence-corrected chi connectivity index (χ4v) is 3.18. The number of fused-ring (bicyclic) bond motifs is 1. The predicted molar refractivity (Wildman–Crippen MR) is 101 cm³/mol. The highest BCUT2D eigenvalue weighted by molar-refractivity contribution is 5.68. The van der Waals surface area contributed by atoms with Gasteiger partial charge in [-0.1, -0.05) is 6.07 Å². The summed E-state index contributed by atoms with van der Waals surface area (Å²) in [5.41, 5.74) is 3.56. The number of hydrogen-bond donors (Lipinski definition) is 1. The van der Waals surface area contributed by atoms with Crippen molar-refractivity contribution in [3.05, 3.63) is 60.3 Å². The molecule has 3 aromatic rings. The standard InChI is InChI=1S/C20H20N4O3/c1-26-12-17-9-19(23-13-22-17)24-5-6-27-20-16(11-24)7-15(8-18(20)25)14-3-2-4-21-10-14/h2-4,7-10,13,25H,5-6,11-12H2,1H3. The summed E-state index contributed by atoms with van der Waals surface area (Å²) in [6.07, 6.45) is 5.04. The van der Waals surface area contributed by atoms with Crippen LogP contribution in [0.4, 0.5) is 5.82 Å². The van der Waals surface area contributed by atoms with Gasteiger partial charge in [0.15, 0.2) is 11.5 Å². The maximum absolute atomic E-state index is 10.5. The van der Waals surface area contributed by atoms with E-state index in [0.29, 0.717) is 32.1 Å². The van der Waals surface area contributed by atoms with Gasteiger partial charge in [0.2, 0.25) is 0 Å². The molecule has 138 valence electrons. The third-order valence-corrected chi connectivity index (χ3v) is 4.44. The number of benzene rings is 1. The van der Waals surface area contributed by atoms with E-state index in [1.165, 1.54) is 0 Å². The van der Waals surface area contributed by atoms with Crippen molar-refractivity contribution in [3.8, 4) is 22.6 Å². The number of hydrogen-bond acceptors (Lipinski definition) is 7. The Labute approximate surface area is 157 Å². The molecule has 27 heavy (non-hydrogen) atoms. The molecular weight excluding hydrogens is 344 g/mol. The lowest BCUT2D eigenvalue weighted by Gasteiger charge is -2.21. The maximum atomic E-state index is 10.5. The lowest BCUT2D eigenvalue weighted by molar-refractivity contribution is 0.181. The number of anilines is 1. The van der Waals surface area contributed by atoms with Gasteiger partial charge in [-0.15, -0.1) is 0 Å². The minimum Gasteiger partial charge on any atom is -0.504 e. The Kier molecular flexibility index (Phi) is 4.84. The Balaban J connectivity index is 1.69. The number of pyridine rings is 1. The highest BCUT2D eigenvalue weighted by Gasteiger charge is 2.21. The van der Waals surface area contributed by atoms with Gasteiger partial charge in [-0.05, 0) is 23.8 Å². The van der Waals surface area contributed by atoms with Crippen molar-refractivity contribution in [2.75, 3.05) is 25.2 Å². The summed E-state index contributed by atoms with van der Waals surface area (Å²) in [6.45, 7) is 2.11. The lowest BCUT2D eigenvalue weighted by atomic mass is 10.0. The van der Waals surface area contributed by atoms with Crippen LogP contribution in [0.1, 0.15) is 11.3 Å². The molecule has 4 rings (SSSR count). The first-order valence-corrected chi connectivity index (χ1v) is 8.68. The summed E-state index contributed by atoms with van der Waals surface area (Å²) in [5, 5.41) is 10.5. The highest BCUT2D eigenvalue weighted by Crippen LogP contribution is 2.38. The van der Waals surface area contributed by atoms with Gasteiger partial charge in [-0.2, -0.15) is 0 Å². The average molecular weight is 364 g/mol. The lowest BCUT2D eigenvalue weighted by Crippen LogP contribution is -2.26. The zero-order chi connectivity index (χ0) is 18.6. The third-order valence-electron chi connectivity index (χ3n) is 4.44. The second kappa shape index (κ2) is 7.59. The van der Waals surface area contributed by atoms with Crippen LogP contribution in [0.3, 0.4) is 0 Å². The van der Waals surface area contributed by atoms with Gasteiger partial charge in [0.25, 0.3) is 0 Å². The molecule has 2 aromatic heterocycles. The zero-order valence-corrected chi connectivity index (χ0v) is 15.0. The van der Waals surface area contributed by atoms with Crippen LogP contribution < -0.4 is 9.64 Å². The molecule has 7 heteroatoms. The maximum Gasteiger partial charge on any atom is 0.166 e. The molecule has 0 aliphatic carbocycles. The number of phenols is 1. The molecule has 0 unspecified atom stereocenters. The molecular formula is C20H20N4O3. The topological polar surface area (TPSA) is 80.6 Å². The average Bonchev–Trinajstić information content (AvgIpc) is 2.92. The van der Waals surface area contributed by atoms with Gasteiger partial charge in [0.05, 0.1) is 18.8 Å². The van der Waals surface area contributed by atoms with E-state index in [4.69, 9.17) is 9.47 Å². The van der Waals surface area contributed by atoms with Crippen LogP contribution in [0.25, 0.3) is 11.1 Å². The van der Waals surface area contributed by atoms with Crippen LogP contribution in [0.15, 0.2) is 49.1 Å². The number of aromatic hydroxyl groups is 1. The van der Waals surface area contributed by atoms with Crippen LogP contribution in [-0.4, -0.2) is 40.3 Å². The third kappa shape index (κ3) is 3.68. The molecule has 0 saturated heterocycles. The molecule has 1 aromatic carbocycles. The van der Waals surface area contributed by atoms with Gasteiger partial charge in [-0.25, -0.2) is 9.97 Å². The molecule has 3 heterocycles. The summed E-state index contributed by atoms with van der Waals surface area (Å²) in [5.74, 6) is 1.46. The van der Waals surface area contributed by atoms with E-state index in [1.807, 2.05) is 24.3 Å². The van der Waals surface area contributed by atoms with Gasteiger partial charge >= 0.3 is 0 Å². The quantitative estimate of drug-likeness (QED) is 0.762. The minimum atomic E-state index is 0.135. The molecule has 0 amide bonds. The Bertz CT molecular complexity index is 934. The van der Waals surface area contributed by atoms with Crippen molar-refractivity contribution >= 4 is 5.82 Å². The van der Waals surface area contributed by atoms with Crippen molar-refractivity contribution in [1.29, 1.82) is 0 Å². The number of methoxy groups -OCH3 is 1. The van der Waals surface area contributed by atoms with Gasteiger partial charge in [-0.3, -0.25) is 4.98 Å². The fraction of sp³-hybridized carbons (Fsp3) is 0.250. The zero-order valence-electron chi connectivity index (χ0n) is 15.0. The molecule has 1 aliphatic heterocycles. The van der Waals surface area contributed by atoms with Gasteiger partial charge in [0, 0.05) is 43.2 Å². The number of ether oxygens (including phenoxy) is 2. The molecule has 0 fully saturated rings. The highest BCUT2D eigenvalue weighted by atomic mass is 16.5. The summed E-state index contributed by atoms with van der Waals surface area (Å²) >= 11 is 0. The van der Waals surface area contributed by atoms with Crippen LogP contribution >= 0.6 is 0 Å². The van der Waals surface area contributed by atoms with E-state index in [9.17, 15) is 5.11 Å². The smallest absolute Gasteiger partial charge is 0.166 e. The molecule has 0 saturated carbocycles. The van der Waals surface area contributed by atoms with Crippen LogP contribution in [0.5, 0.6) is 11.5 Å². The van der Waals surface area contributed by atoms with Crippen molar-refractivity contribution in [3.63, 3.8) is 0 Å². The minimum absolute atomic E-state index is 0.135. The number of nitrogens with zero attached hydrogens (tertiary/aromatic N) is 4. The van der Waals surface area contributed by atoms with E-state index in [-0.39, 0.29) is 5.75 Å². The van der Waals surface area contributed by atoms with Gasteiger partial charge < -0.3 is 19.5 Å². The van der Waals surface area contributed by atoms with Gasteiger partial charge in [0.1, 0.15) is 18.8 Å². The van der Waals surface area contributed by atoms with Crippen LogP contribution in [0, 0.1) is 0 Å². The van der Waals surface area contributed by atoms with Crippen LogP contribution in [-0.2, 0) is 17.9 Å². The number of rotatable bonds is 4. The summed E-state index contributed by atoms with van der Waals surface area (Å²) in [7, 11) is 1.64. The normalized spacial score (nSPS) is 13.6. The van der Waals surface area contributed by atoms with E-state index in [1.54, 1.807) is 31.9 Å².